The van der Waals surface area contributed by atoms with Gasteiger partial charge in [-0.3, -0.25) is 0 Å². The Labute approximate surface area is 114 Å². The first-order chi connectivity index (χ1) is 9.13. The summed E-state index contributed by atoms with van der Waals surface area (Å²) < 4.78 is 11.2. The van der Waals surface area contributed by atoms with Gasteiger partial charge in [0.2, 0.25) is 0 Å². The molecule has 0 heterocycles. The molecule has 0 fully saturated rings. The Bertz CT molecular complexity index is 515. The van der Waals surface area contributed by atoms with Crippen molar-refractivity contribution in [2.24, 2.45) is 0 Å². The van der Waals surface area contributed by atoms with Crippen LogP contribution in [0.4, 0.5) is 5.69 Å². The fourth-order valence-corrected chi connectivity index (χ4v) is 1.90. The molecule has 3 nitrogen and oxygen atoms in total. The molecule has 2 rings (SSSR count). The number of hydrogen-bond acceptors (Lipinski definition) is 3. The maximum atomic E-state index is 5.66. The van der Waals surface area contributed by atoms with Gasteiger partial charge in [-0.2, -0.15) is 0 Å². The van der Waals surface area contributed by atoms with Crippen LogP contribution in [0, 0.1) is 13.8 Å². The van der Waals surface area contributed by atoms with Crippen LogP contribution in [0.3, 0.4) is 0 Å². The predicted octanol–water partition coefficient (Wildman–Crippen LogP) is 3.34. The van der Waals surface area contributed by atoms with Crippen molar-refractivity contribution >= 4 is 5.69 Å². The van der Waals surface area contributed by atoms with Gasteiger partial charge in [-0.15, -0.1) is 0 Å². The average molecular weight is 257 g/mol. The third-order valence-corrected chi connectivity index (χ3v) is 2.70. The highest BCUT2D eigenvalue weighted by atomic mass is 16.5. The molecular formula is C16H19NO2. The molecule has 0 unspecified atom stereocenters. The van der Waals surface area contributed by atoms with Gasteiger partial charge in [0.15, 0.2) is 0 Å². The van der Waals surface area contributed by atoms with Crippen LogP contribution in [0.25, 0.3) is 0 Å². The van der Waals surface area contributed by atoms with Crippen LogP contribution in [0.2, 0.25) is 0 Å². The van der Waals surface area contributed by atoms with Gasteiger partial charge < -0.3 is 15.2 Å². The molecule has 0 bridgehead atoms. The minimum atomic E-state index is 0.511. The lowest BCUT2D eigenvalue weighted by Gasteiger charge is -2.09. The Morgan fingerprint density at radius 1 is 0.789 bits per heavy atom. The summed E-state index contributed by atoms with van der Waals surface area (Å²) in [6.07, 6.45) is 0. The first-order valence-corrected chi connectivity index (χ1v) is 6.33. The number of benzene rings is 2. The second-order valence-corrected chi connectivity index (χ2v) is 4.59. The summed E-state index contributed by atoms with van der Waals surface area (Å²) in [6.45, 7) is 5.15. The summed E-state index contributed by atoms with van der Waals surface area (Å²) in [7, 11) is 0. The van der Waals surface area contributed by atoms with E-state index in [-0.39, 0.29) is 0 Å². The zero-order valence-electron chi connectivity index (χ0n) is 11.3. The second kappa shape index (κ2) is 6.14. The number of aryl methyl sites for hydroxylation is 2. The number of hydrogen-bond donors (Lipinski definition) is 1. The Hall–Kier alpha value is -2.16. The van der Waals surface area contributed by atoms with Crippen LogP contribution in [-0.4, -0.2) is 13.2 Å². The van der Waals surface area contributed by atoms with Crippen molar-refractivity contribution in [2.75, 3.05) is 18.9 Å². The predicted molar refractivity (Wildman–Crippen MR) is 77.8 cm³/mol. The van der Waals surface area contributed by atoms with E-state index in [9.17, 15) is 0 Å². The monoisotopic (exact) mass is 257 g/mol. The van der Waals surface area contributed by atoms with Crippen molar-refractivity contribution in [1.29, 1.82) is 0 Å². The topological polar surface area (TPSA) is 44.5 Å². The zero-order valence-corrected chi connectivity index (χ0v) is 11.3. The van der Waals surface area contributed by atoms with E-state index in [1.165, 1.54) is 11.1 Å². The molecule has 0 aliphatic rings. The van der Waals surface area contributed by atoms with Crippen LogP contribution < -0.4 is 15.2 Å². The first-order valence-electron chi connectivity index (χ1n) is 6.33. The van der Waals surface area contributed by atoms with Gasteiger partial charge in [-0.25, -0.2) is 0 Å². The molecule has 2 aromatic rings. The van der Waals surface area contributed by atoms with Gasteiger partial charge >= 0.3 is 0 Å². The van der Waals surface area contributed by atoms with Crippen molar-refractivity contribution in [3.8, 4) is 11.5 Å². The van der Waals surface area contributed by atoms with Crippen LogP contribution in [0.15, 0.2) is 42.5 Å². The minimum Gasteiger partial charge on any atom is -0.490 e. The summed E-state index contributed by atoms with van der Waals surface area (Å²) >= 11 is 0. The lowest BCUT2D eigenvalue weighted by atomic mass is 10.1. The maximum Gasteiger partial charge on any atom is 0.122 e. The largest absolute Gasteiger partial charge is 0.490 e. The van der Waals surface area contributed by atoms with Crippen molar-refractivity contribution in [3.63, 3.8) is 0 Å². The molecule has 0 aliphatic heterocycles. The van der Waals surface area contributed by atoms with Gasteiger partial charge in [-0.1, -0.05) is 6.07 Å². The molecule has 19 heavy (non-hydrogen) atoms. The Morgan fingerprint density at radius 3 is 1.89 bits per heavy atom. The minimum absolute atomic E-state index is 0.511. The summed E-state index contributed by atoms with van der Waals surface area (Å²) in [4.78, 5) is 0. The molecule has 0 aromatic heterocycles. The molecule has 0 aliphatic carbocycles. The fourth-order valence-electron chi connectivity index (χ4n) is 1.90. The molecule has 0 spiro atoms. The smallest absolute Gasteiger partial charge is 0.122 e. The van der Waals surface area contributed by atoms with E-state index < -0.39 is 0 Å². The lowest BCUT2D eigenvalue weighted by molar-refractivity contribution is 0.217. The third kappa shape index (κ3) is 4.21. The Balaban J connectivity index is 1.79. The molecule has 100 valence electrons. The highest BCUT2D eigenvalue weighted by Crippen LogP contribution is 2.16. The Morgan fingerprint density at radius 2 is 1.32 bits per heavy atom. The summed E-state index contributed by atoms with van der Waals surface area (Å²) in [6, 6.07) is 13.5. The van der Waals surface area contributed by atoms with Crippen molar-refractivity contribution in [3.05, 3.63) is 53.6 Å². The van der Waals surface area contributed by atoms with Crippen molar-refractivity contribution < 1.29 is 9.47 Å². The lowest BCUT2D eigenvalue weighted by Crippen LogP contribution is -2.09. The highest BCUT2D eigenvalue weighted by molar-refractivity contribution is 5.41. The van der Waals surface area contributed by atoms with E-state index in [0.29, 0.717) is 13.2 Å². The zero-order chi connectivity index (χ0) is 13.7. The molecular weight excluding hydrogens is 238 g/mol. The average Bonchev–Trinajstić information content (AvgIpc) is 2.36. The van der Waals surface area contributed by atoms with E-state index in [0.717, 1.165) is 17.2 Å². The van der Waals surface area contributed by atoms with E-state index in [1.807, 2.05) is 36.4 Å². The molecule has 0 saturated heterocycles. The number of rotatable bonds is 5. The molecule has 3 heteroatoms. The van der Waals surface area contributed by atoms with Crippen molar-refractivity contribution in [1.82, 2.24) is 0 Å². The normalized spacial score (nSPS) is 10.2. The first kappa shape index (κ1) is 13.3. The number of anilines is 1. The molecule has 2 N–H and O–H groups in total. The third-order valence-electron chi connectivity index (χ3n) is 2.70. The number of ether oxygens (including phenoxy) is 2. The highest BCUT2D eigenvalue weighted by Gasteiger charge is 1.98. The molecule has 0 radical (unpaired) electrons. The number of nitrogens with two attached hydrogens (primary N) is 1. The fraction of sp³-hybridized carbons (Fsp3) is 0.250. The van der Waals surface area contributed by atoms with E-state index >= 15 is 0 Å². The van der Waals surface area contributed by atoms with Gasteiger partial charge in [-0.05, 0) is 61.4 Å². The van der Waals surface area contributed by atoms with Gasteiger partial charge in [0.1, 0.15) is 24.7 Å². The summed E-state index contributed by atoms with van der Waals surface area (Å²) in [5, 5.41) is 0. The van der Waals surface area contributed by atoms with Gasteiger partial charge in [0, 0.05) is 5.69 Å². The van der Waals surface area contributed by atoms with E-state index in [4.69, 9.17) is 15.2 Å². The molecule has 2 aromatic carbocycles. The van der Waals surface area contributed by atoms with E-state index in [1.54, 1.807) is 0 Å². The second-order valence-electron chi connectivity index (χ2n) is 4.59. The molecule has 0 atom stereocenters. The van der Waals surface area contributed by atoms with Gasteiger partial charge in [0.25, 0.3) is 0 Å². The maximum absolute atomic E-state index is 5.66. The van der Waals surface area contributed by atoms with Crippen LogP contribution in [-0.2, 0) is 0 Å². The quantitative estimate of drug-likeness (QED) is 0.660. The SMILES string of the molecule is Cc1cc(C)cc(OCCOc2ccc(N)cc2)c1. The number of nitrogen functional groups attached to an aromatic ring is 1. The van der Waals surface area contributed by atoms with Crippen LogP contribution in [0.1, 0.15) is 11.1 Å². The molecule has 0 saturated carbocycles. The van der Waals surface area contributed by atoms with E-state index in [2.05, 4.69) is 19.9 Å². The van der Waals surface area contributed by atoms with Crippen LogP contribution >= 0.6 is 0 Å². The van der Waals surface area contributed by atoms with Gasteiger partial charge in [0.05, 0.1) is 0 Å². The Kier molecular flexibility index (Phi) is 4.29. The summed E-state index contributed by atoms with van der Waals surface area (Å²) in [5.74, 6) is 1.69. The van der Waals surface area contributed by atoms with Crippen LogP contribution in [0.5, 0.6) is 11.5 Å². The summed E-state index contributed by atoms with van der Waals surface area (Å²) in [5.41, 5.74) is 8.75. The molecule has 0 amide bonds. The van der Waals surface area contributed by atoms with Crippen molar-refractivity contribution in [2.45, 2.75) is 13.8 Å². The standard InChI is InChI=1S/C16H19NO2/c1-12-9-13(2)11-16(10-12)19-8-7-18-15-5-3-14(17)4-6-15/h3-6,9-11H,7-8,17H2,1-2H3.